The molecule has 29 heavy (non-hydrogen) atoms. The van der Waals surface area contributed by atoms with E-state index in [1.54, 1.807) is 19.1 Å². The molecule has 0 fully saturated rings. The Morgan fingerprint density at radius 3 is 2.62 bits per heavy atom. The highest BCUT2D eigenvalue weighted by molar-refractivity contribution is 7.92. The maximum atomic E-state index is 13.7. The number of benzene rings is 2. The maximum absolute atomic E-state index is 13.7. The van der Waals surface area contributed by atoms with Crippen molar-refractivity contribution in [3.63, 3.8) is 0 Å². The summed E-state index contributed by atoms with van der Waals surface area (Å²) in [5.74, 6) is -0.442. The number of hydrogen-bond acceptors (Lipinski definition) is 4. The number of ether oxygens (including phenoxy) is 1. The molecule has 2 aromatic carbocycles. The molecule has 0 bridgehead atoms. The molecular formula is C21H27FN2O4S. The molecule has 2 aromatic rings. The van der Waals surface area contributed by atoms with Crippen LogP contribution in [0.1, 0.15) is 36.2 Å². The molecular weight excluding hydrogens is 395 g/mol. The normalized spacial score (nSPS) is 11.5. The predicted octanol–water partition coefficient (Wildman–Crippen LogP) is 3.73. The number of carbonyl (C=O) groups is 1. The van der Waals surface area contributed by atoms with Gasteiger partial charge in [0.1, 0.15) is 5.82 Å². The number of carbonyl (C=O) groups excluding carboxylic acids is 1. The highest BCUT2D eigenvalue weighted by Crippen LogP contribution is 2.19. The van der Waals surface area contributed by atoms with Gasteiger partial charge in [-0.15, -0.1) is 0 Å². The molecule has 1 amide bonds. The van der Waals surface area contributed by atoms with Crippen molar-refractivity contribution in [1.29, 1.82) is 0 Å². The van der Waals surface area contributed by atoms with E-state index in [9.17, 15) is 17.6 Å². The average molecular weight is 423 g/mol. The molecule has 0 aliphatic heterocycles. The zero-order chi connectivity index (χ0) is 21.4. The fourth-order valence-electron chi connectivity index (χ4n) is 2.48. The second-order valence-corrected chi connectivity index (χ2v) is 8.86. The van der Waals surface area contributed by atoms with Crippen LogP contribution in [0.25, 0.3) is 0 Å². The van der Waals surface area contributed by atoms with Crippen LogP contribution < -0.4 is 10.0 Å². The number of rotatable bonds is 10. The molecule has 0 aliphatic carbocycles. The lowest BCUT2D eigenvalue weighted by Crippen LogP contribution is -2.25. The van der Waals surface area contributed by atoms with Crippen molar-refractivity contribution in [2.75, 3.05) is 24.5 Å². The first kappa shape index (κ1) is 22.8. The maximum Gasteiger partial charge on any atom is 0.261 e. The number of halogens is 1. The van der Waals surface area contributed by atoms with Crippen LogP contribution in [-0.2, 0) is 14.8 Å². The summed E-state index contributed by atoms with van der Waals surface area (Å²) in [6.07, 6.45) is 0.684. The van der Waals surface area contributed by atoms with Crippen molar-refractivity contribution < 1.29 is 22.3 Å². The van der Waals surface area contributed by atoms with Crippen molar-refractivity contribution >= 4 is 21.6 Å². The van der Waals surface area contributed by atoms with Crippen LogP contribution in [0.5, 0.6) is 0 Å². The number of nitrogens with one attached hydrogen (secondary N) is 2. The highest BCUT2D eigenvalue weighted by Gasteiger charge is 2.16. The van der Waals surface area contributed by atoms with E-state index in [1.807, 2.05) is 0 Å². The van der Waals surface area contributed by atoms with E-state index in [0.29, 0.717) is 43.2 Å². The molecule has 0 aliphatic rings. The van der Waals surface area contributed by atoms with Crippen LogP contribution in [0, 0.1) is 18.7 Å². The first-order valence-electron chi connectivity index (χ1n) is 9.44. The predicted molar refractivity (Wildman–Crippen MR) is 111 cm³/mol. The lowest BCUT2D eigenvalue weighted by Gasteiger charge is -2.11. The van der Waals surface area contributed by atoms with Crippen molar-refractivity contribution in [2.45, 2.75) is 32.1 Å². The summed E-state index contributed by atoms with van der Waals surface area (Å²) in [6.45, 7) is 7.39. The summed E-state index contributed by atoms with van der Waals surface area (Å²) >= 11 is 0. The van der Waals surface area contributed by atoms with Crippen LogP contribution in [-0.4, -0.2) is 34.1 Å². The minimum absolute atomic E-state index is 0.183. The smallest absolute Gasteiger partial charge is 0.261 e. The second-order valence-electron chi connectivity index (χ2n) is 7.18. The Bertz CT molecular complexity index is 945. The van der Waals surface area contributed by atoms with Crippen LogP contribution in [0.15, 0.2) is 47.4 Å². The number of aryl methyl sites for hydroxylation is 1. The van der Waals surface area contributed by atoms with Gasteiger partial charge in [0.15, 0.2) is 0 Å². The van der Waals surface area contributed by atoms with E-state index in [4.69, 9.17) is 4.74 Å². The minimum Gasteiger partial charge on any atom is -0.381 e. The van der Waals surface area contributed by atoms with E-state index < -0.39 is 15.8 Å². The Labute approximate surface area is 171 Å². The van der Waals surface area contributed by atoms with E-state index >= 15 is 0 Å². The van der Waals surface area contributed by atoms with Crippen LogP contribution >= 0.6 is 0 Å². The summed E-state index contributed by atoms with van der Waals surface area (Å²) in [4.78, 5) is 12.1. The molecule has 0 saturated carbocycles. The topological polar surface area (TPSA) is 84.5 Å². The summed E-state index contributed by atoms with van der Waals surface area (Å²) in [5.41, 5.74) is 0.902. The Morgan fingerprint density at radius 1 is 1.17 bits per heavy atom. The van der Waals surface area contributed by atoms with Gasteiger partial charge in [0.2, 0.25) is 0 Å². The first-order chi connectivity index (χ1) is 13.7. The number of amides is 1. The number of hydrogen-bond donors (Lipinski definition) is 2. The van der Waals surface area contributed by atoms with Crippen molar-refractivity contribution in [3.05, 3.63) is 59.4 Å². The third-order valence-electron chi connectivity index (χ3n) is 4.03. The quantitative estimate of drug-likeness (QED) is 0.572. The summed E-state index contributed by atoms with van der Waals surface area (Å²) in [6, 6.07) is 9.83. The van der Waals surface area contributed by atoms with Crippen LogP contribution in [0.2, 0.25) is 0 Å². The van der Waals surface area contributed by atoms with Gasteiger partial charge < -0.3 is 10.1 Å². The Kier molecular flexibility index (Phi) is 8.16. The number of anilines is 1. The lowest BCUT2D eigenvalue weighted by atomic mass is 10.2. The zero-order valence-corrected chi connectivity index (χ0v) is 17.7. The largest absolute Gasteiger partial charge is 0.381 e. The first-order valence-corrected chi connectivity index (χ1v) is 10.9. The molecule has 0 radical (unpaired) electrons. The fraction of sp³-hybridized carbons (Fsp3) is 0.381. The molecule has 0 saturated heterocycles. The molecule has 0 aromatic heterocycles. The fourth-order valence-corrected chi connectivity index (χ4v) is 3.54. The molecule has 158 valence electrons. The highest BCUT2D eigenvalue weighted by atomic mass is 32.2. The van der Waals surface area contributed by atoms with E-state index in [-0.39, 0.29) is 16.5 Å². The van der Waals surface area contributed by atoms with Crippen LogP contribution in [0.4, 0.5) is 10.1 Å². The van der Waals surface area contributed by atoms with Gasteiger partial charge in [0.25, 0.3) is 15.9 Å². The summed E-state index contributed by atoms with van der Waals surface area (Å²) in [7, 11) is -3.97. The van der Waals surface area contributed by atoms with Crippen LogP contribution in [0.3, 0.4) is 0 Å². The van der Waals surface area contributed by atoms with E-state index in [2.05, 4.69) is 23.9 Å². The molecule has 2 rings (SSSR count). The van der Waals surface area contributed by atoms with Gasteiger partial charge in [-0.05, 0) is 55.2 Å². The van der Waals surface area contributed by atoms with Gasteiger partial charge in [0, 0.05) is 31.0 Å². The zero-order valence-electron chi connectivity index (χ0n) is 16.9. The van der Waals surface area contributed by atoms with Gasteiger partial charge in [-0.1, -0.05) is 26.0 Å². The Hall–Kier alpha value is -2.45. The molecule has 0 unspecified atom stereocenters. The minimum atomic E-state index is -3.97. The Morgan fingerprint density at radius 2 is 1.93 bits per heavy atom. The lowest BCUT2D eigenvalue weighted by molar-refractivity contribution is 0.0925. The van der Waals surface area contributed by atoms with Crippen molar-refractivity contribution in [1.82, 2.24) is 5.32 Å². The third-order valence-corrected chi connectivity index (χ3v) is 5.41. The molecule has 0 atom stereocenters. The Balaban J connectivity index is 1.96. The summed E-state index contributed by atoms with van der Waals surface area (Å²) < 4.78 is 46.5. The van der Waals surface area contributed by atoms with Crippen molar-refractivity contribution in [2.24, 2.45) is 5.92 Å². The molecule has 8 heteroatoms. The third kappa shape index (κ3) is 7.14. The average Bonchev–Trinajstić information content (AvgIpc) is 2.66. The molecule has 2 N–H and O–H groups in total. The number of sulfonamides is 1. The SMILES string of the molecule is Cc1ccc(S(=O)(=O)Nc2cccc(C(=O)NCCCOCC(C)C)c2)cc1F. The second kappa shape index (κ2) is 10.4. The van der Waals surface area contributed by atoms with Gasteiger partial charge in [-0.25, -0.2) is 12.8 Å². The standard InChI is InChI=1S/C21H27FN2O4S/c1-15(2)14-28-11-5-10-23-21(25)17-6-4-7-18(12-17)24-29(26,27)19-9-8-16(3)20(22)13-19/h4,6-9,12-13,15,24H,5,10-11,14H2,1-3H3,(H,23,25). The van der Waals surface area contributed by atoms with Gasteiger partial charge in [-0.3, -0.25) is 9.52 Å². The monoisotopic (exact) mass is 422 g/mol. The molecule has 0 spiro atoms. The van der Waals surface area contributed by atoms with Gasteiger partial charge >= 0.3 is 0 Å². The summed E-state index contributed by atoms with van der Waals surface area (Å²) in [5, 5.41) is 2.78. The molecule has 0 heterocycles. The van der Waals surface area contributed by atoms with E-state index in [1.165, 1.54) is 24.3 Å². The van der Waals surface area contributed by atoms with Gasteiger partial charge in [-0.2, -0.15) is 0 Å². The van der Waals surface area contributed by atoms with Gasteiger partial charge in [0.05, 0.1) is 4.90 Å². The molecule has 6 nitrogen and oxygen atoms in total. The van der Waals surface area contributed by atoms with E-state index in [0.717, 1.165) is 6.07 Å². The van der Waals surface area contributed by atoms with Crippen molar-refractivity contribution in [3.8, 4) is 0 Å².